The van der Waals surface area contributed by atoms with E-state index in [9.17, 15) is 9.59 Å². The van der Waals surface area contributed by atoms with Gasteiger partial charge in [-0.05, 0) is 12.8 Å². The third kappa shape index (κ3) is 8.94. The second-order valence-corrected chi connectivity index (χ2v) is 2.26. The number of esters is 2. The maximum atomic E-state index is 10.3. The van der Waals surface area contributed by atoms with E-state index in [1.54, 1.807) is 0 Å². The fraction of sp³-hybridized carbons (Fsp3) is 0.625. The van der Waals surface area contributed by atoms with Gasteiger partial charge in [-0.3, -0.25) is 9.59 Å². The highest BCUT2D eigenvalue weighted by Gasteiger charge is 1.95. The normalized spacial score (nSPS) is 9.17. The number of unbranched alkanes of at least 4 members (excludes halogenated alkanes) is 1. The molecule has 0 saturated heterocycles. The maximum Gasteiger partial charge on any atom is 0.303 e. The molecule has 0 bridgehead atoms. The van der Waals surface area contributed by atoms with Crippen molar-refractivity contribution in [1.29, 1.82) is 0 Å². The highest BCUT2D eigenvalue weighted by atomic mass is 16.5. The summed E-state index contributed by atoms with van der Waals surface area (Å²) in [5, 5.41) is 0. The first kappa shape index (κ1) is 10.9. The molecule has 0 atom stereocenters. The molecule has 0 N–H and O–H groups in total. The summed E-state index contributed by atoms with van der Waals surface area (Å²) in [4.78, 5) is 20.5. The molecule has 0 aromatic rings. The molecule has 0 amide bonds. The largest absolute Gasteiger partial charge is 0.466 e. The summed E-state index contributed by atoms with van der Waals surface area (Å²) in [6.45, 7) is 4.47. The van der Waals surface area contributed by atoms with E-state index < -0.39 is 0 Å². The van der Waals surface area contributed by atoms with Crippen molar-refractivity contribution < 1.29 is 19.1 Å². The fourth-order valence-corrected chi connectivity index (χ4v) is 0.559. The second-order valence-electron chi connectivity index (χ2n) is 2.26. The summed E-state index contributed by atoms with van der Waals surface area (Å²) < 4.78 is 9.19. The summed E-state index contributed by atoms with van der Waals surface area (Å²) in [5.41, 5.74) is 0. The van der Waals surface area contributed by atoms with E-state index in [0.29, 0.717) is 19.4 Å². The minimum absolute atomic E-state index is 0.289. The Kier molecular flexibility index (Phi) is 6.05. The van der Waals surface area contributed by atoms with Crippen molar-refractivity contribution in [3.05, 3.63) is 6.61 Å². The highest BCUT2D eigenvalue weighted by Crippen LogP contribution is 1.96. The Morgan fingerprint density at radius 2 is 1.92 bits per heavy atom. The molecular formula is C8H13O4. The topological polar surface area (TPSA) is 52.6 Å². The van der Waals surface area contributed by atoms with Crippen LogP contribution in [0.4, 0.5) is 0 Å². The molecule has 0 unspecified atom stereocenters. The van der Waals surface area contributed by atoms with Crippen molar-refractivity contribution in [3.8, 4) is 0 Å². The van der Waals surface area contributed by atoms with Gasteiger partial charge < -0.3 is 9.47 Å². The first-order valence-electron chi connectivity index (χ1n) is 3.75. The highest BCUT2D eigenvalue weighted by molar-refractivity contribution is 5.66. The van der Waals surface area contributed by atoms with Crippen molar-refractivity contribution in [2.45, 2.75) is 26.7 Å². The zero-order valence-electron chi connectivity index (χ0n) is 7.33. The van der Waals surface area contributed by atoms with Crippen molar-refractivity contribution in [3.63, 3.8) is 0 Å². The van der Waals surface area contributed by atoms with E-state index in [2.05, 4.69) is 9.47 Å². The van der Waals surface area contributed by atoms with Gasteiger partial charge in [0.15, 0.2) is 0 Å². The van der Waals surface area contributed by atoms with Crippen LogP contribution in [0.2, 0.25) is 0 Å². The third-order valence-corrected chi connectivity index (χ3v) is 1.02. The Bertz CT molecular complexity index is 135. The maximum absolute atomic E-state index is 10.3. The summed E-state index contributed by atoms with van der Waals surface area (Å²) >= 11 is 0. The van der Waals surface area contributed by atoms with Crippen LogP contribution >= 0.6 is 0 Å². The average Bonchev–Trinajstić information content (AvgIpc) is 1.95. The van der Waals surface area contributed by atoms with Gasteiger partial charge in [-0.1, -0.05) is 0 Å². The van der Waals surface area contributed by atoms with Crippen LogP contribution in [0.15, 0.2) is 0 Å². The second kappa shape index (κ2) is 6.64. The lowest BCUT2D eigenvalue weighted by atomic mass is 10.3. The van der Waals surface area contributed by atoms with Crippen molar-refractivity contribution in [2.24, 2.45) is 0 Å². The molecule has 69 valence electrons. The van der Waals surface area contributed by atoms with Crippen LogP contribution in [-0.2, 0) is 19.1 Å². The number of carbonyl (C=O) groups excluding carboxylic acids is 2. The minimum Gasteiger partial charge on any atom is -0.466 e. The van der Waals surface area contributed by atoms with Gasteiger partial charge in [0.05, 0.1) is 6.61 Å². The Morgan fingerprint density at radius 1 is 1.25 bits per heavy atom. The number of carbonyl (C=O) groups is 2. The predicted molar refractivity (Wildman–Crippen MR) is 41.9 cm³/mol. The lowest BCUT2D eigenvalue weighted by Gasteiger charge is -2.01. The molecule has 0 rings (SSSR count). The zero-order chi connectivity index (χ0) is 9.40. The molecule has 0 aromatic heterocycles. The third-order valence-electron chi connectivity index (χ3n) is 1.02. The van der Waals surface area contributed by atoms with Gasteiger partial charge in [-0.2, -0.15) is 0 Å². The van der Waals surface area contributed by atoms with Crippen LogP contribution in [0, 0.1) is 6.61 Å². The lowest BCUT2D eigenvalue weighted by molar-refractivity contribution is -0.142. The van der Waals surface area contributed by atoms with Gasteiger partial charge in [-0.15, -0.1) is 0 Å². The Morgan fingerprint density at radius 3 is 2.42 bits per heavy atom. The number of ether oxygens (including phenoxy) is 2. The first-order valence-corrected chi connectivity index (χ1v) is 3.75. The van der Waals surface area contributed by atoms with Crippen LogP contribution in [0.3, 0.4) is 0 Å². The standard InChI is InChI=1S/C8H13O4/c1-7(9)11-5-3-4-6-12-8(2)10/h5H,3-4,6H2,1-2H3. The molecule has 0 aliphatic heterocycles. The average molecular weight is 173 g/mol. The van der Waals surface area contributed by atoms with E-state index in [1.807, 2.05) is 0 Å². The number of hydrogen-bond donors (Lipinski definition) is 0. The molecule has 12 heavy (non-hydrogen) atoms. The molecule has 0 saturated carbocycles. The first-order chi connectivity index (χ1) is 5.63. The molecule has 4 heteroatoms. The monoisotopic (exact) mass is 173 g/mol. The van der Waals surface area contributed by atoms with Crippen LogP contribution in [0.25, 0.3) is 0 Å². The molecule has 4 nitrogen and oxygen atoms in total. The van der Waals surface area contributed by atoms with E-state index in [1.165, 1.54) is 20.5 Å². The Labute approximate surface area is 71.8 Å². The smallest absolute Gasteiger partial charge is 0.303 e. The summed E-state index contributed by atoms with van der Waals surface area (Å²) in [6.07, 6.45) is 1.28. The van der Waals surface area contributed by atoms with Crippen LogP contribution in [0.1, 0.15) is 26.7 Å². The number of rotatable bonds is 5. The van der Waals surface area contributed by atoms with Gasteiger partial charge in [-0.25, -0.2) is 0 Å². The molecular weight excluding hydrogens is 160 g/mol. The quantitative estimate of drug-likeness (QED) is 0.460. The van der Waals surface area contributed by atoms with E-state index in [0.717, 1.165) is 0 Å². The van der Waals surface area contributed by atoms with Crippen LogP contribution in [0.5, 0.6) is 0 Å². The van der Waals surface area contributed by atoms with E-state index in [-0.39, 0.29) is 11.9 Å². The summed E-state index contributed by atoms with van der Waals surface area (Å²) in [5.74, 6) is -0.620. The predicted octanol–water partition coefficient (Wildman–Crippen LogP) is 1.05. The molecule has 0 fully saturated rings. The molecule has 0 aliphatic carbocycles. The van der Waals surface area contributed by atoms with Crippen LogP contribution < -0.4 is 0 Å². The molecule has 1 radical (unpaired) electrons. The van der Waals surface area contributed by atoms with Crippen molar-refractivity contribution in [2.75, 3.05) is 6.61 Å². The van der Waals surface area contributed by atoms with Gasteiger partial charge in [0.1, 0.15) is 6.61 Å². The molecule has 0 aromatic carbocycles. The van der Waals surface area contributed by atoms with Crippen molar-refractivity contribution in [1.82, 2.24) is 0 Å². The summed E-state index contributed by atoms with van der Waals surface area (Å²) in [6, 6.07) is 0. The number of hydrogen-bond acceptors (Lipinski definition) is 4. The minimum atomic E-state index is -0.331. The Balaban J connectivity index is 3.01. The lowest BCUT2D eigenvalue weighted by Crippen LogP contribution is -2.01. The molecule has 0 heterocycles. The van der Waals surface area contributed by atoms with Gasteiger partial charge in [0.25, 0.3) is 0 Å². The van der Waals surface area contributed by atoms with Gasteiger partial charge >= 0.3 is 11.9 Å². The van der Waals surface area contributed by atoms with Gasteiger partial charge in [0, 0.05) is 13.8 Å². The van der Waals surface area contributed by atoms with Gasteiger partial charge in [0.2, 0.25) is 0 Å². The fourth-order valence-electron chi connectivity index (χ4n) is 0.559. The molecule has 0 spiro atoms. The SMILES string of the molecule is CC(=O)O[CH]CCCOC(C)=O. The zero-order valence-corrected chi connectivity index (χ0v) is 7.33. The molecule has 0 aliphatic rings. The van der Waals surface area contributed by atoms with E-state index >= 15 is 0 Å². The van der Waals surface area contributed by atoms with Crippen LogP contribution in [-0.4, -0.2) is 18.5 Å². The Hall–Kier alpha value is -1.06. The van der Waals surface area contributed by atoms with Crippen molar-refractivity contribution >= 4 is 11.9 Å². The summed E-state index contributed by atoms with van der Waals surface area (Å²) in [7, 11) is 0. The van der Waals surface area contributed by atoms with E-state index in [4.69, 9.17) is 0 Å².